The predicted octanol–water partition coefficient (Wildman–Crippen LogP) is 1.84. The summed E-state index contributed by atoms with van der Waals surface area (Å²) in [5, 5.41) is 3.37. The smallest absolute Gasteiger partial charge is 0.0777 e. The van der Waals surface area contributed by atoms with Crippen molar-refractivity contribution >= 4 is 5.69 Å². The van der Waals surface area contributed by atoms with E-state index in [1.807, 2.05) is 0 Å². The molecule has 0 radical (unpaired) electrons. The zero-order valence-electron chi connectivity index (χ0n) is 13.1. The monoisotopic (exact) mass is 297 g/mol. The molecule has 0 saturated carbocycles. The third-order valence-electron chi connectivity index (χ3n) is 4.05. The van der Waals surface area contributed by atoms with Crippen molar-refractivity contribution in [1.82, 2.24) is 19.8 Å². The lowest BCUT2D eigenvalue weighted by atomic mass is 10.2. The minimum atomic E-state index is 0.700. The first kappa shape index (κ1) is 14.9. The Morgan fingerprint density at radius 3 is 2.50 bits per heavy atom. The minimum absolute atomic E-state index is 0.700. The van der Waals surface area contributed by atoms with E-state index < -0.39 is 0 Å². The van der Waals surface area contributed by atoms with Gasteiger partial charge in [-0.05, 0) is 24.7 Å². The molecule has 5 heteroatoms. The van der Waals surface area contributed by atoms with Crippen LogP contribution in [0.1, 0.15) is 11.3 Å². The fourth-order valence-corrected chi connectivity index (χ4v) is 2.61. The molecule has 0 aliphatic carbocycles. The summed E-state index contributed by atoms with van der Waals surface area (Å²) in [6, 6.07) is 8.69. The van der Waals surface area contributed by atoms with Crippen LogP contribution in [0.2, 0.25) is 0 Å². The van der Waals surface area contributed by atoms with Crippen LogP contribution < -0.4 is 5.32 Å². The summed E-state index contributed by atoms with van der Waals surface area (Å²) in [5.41, 5.74) is 3.44. The van der Waals surface area contributed by atoms with E-state index in [1.165, 1.54) is 5.56 Å². The lowest BCUT2D eigenvalue weighted by molar-refractivity contribution is 0.148. The number of rotatable bonds is 5. The largest absolute Gasteiger partial charge is 0.379 e. The van der Waals surface area contributed by atoms with Gasteiger partial charge in [-0.2, -0.15) is 0 Å². The summed E-state index contributed by atoms with van der Waals surface area (Å²) in [5.74, 6) is 0. The second-order valence-electron chi connectivity index (χ2n) is 5.83. The number of piperazine rings is 1. The quantitative estimate of drug-likeness (QED) is 0.912. The van der Waals surface area contributed by atoms with E-state index in [-0.39, 0.29) is 0 Å². The number of benzene rings is 1. The van der Waals surface area contributed by atoms with Crippen molar-refractivity contribution in [3.8, 4) is 0 Å². The highest BCUT2D eigenvalue weighted by Gasteiger charge is 2.13. The average Bonchev–Trinajstić information content (AvgIpc) is 2.57. The Morgan fingerprint density at radius 2 is 1.82 bits per heavy atom. The van der Waals surface area contributed by atoms with Gasteiger partial charge in [-0.25, -0.2) is 0 Å². The summed E-state index contributed by atoms with van der Waals surface area (Å²) < 4.78 is 0. The van der Waals surface area contributed by atoms with Crippen LogP contribution in [-0.4, -0.2) is 53.0 Å². The van der Waals surface area contributed by atoms with Gasteiger partial charge in [-0.15, -0.1) is 0 Å². The number of hydrogen-bond acceptors (Lipinski definition) is 5. The number of aromatic nitrogens is 2. The fourth-order valence-electron chi connectivity index (χ4n) is 2.61. The summed E-state index contributed by atoms with van der Waals surface area (Å²) in [4.78, 5) is 13.2. The molecule has 0 bridgehead atoms. The van der Waals surface area contributed by atoms with Gasteiger partial charge in [0.2, 0.25) is 0 Å². The van der Waals surface area contributed by atoms with Crippen LogP contribution in [0.15, 0.2) is 42.9 Å². The molecule has 2 aromatic rings. The van der Waals surface area contributed by atoms with E-state index in [0.29, 0.717) is 6.54 Å². The van der Waals surface area contributed by atoms with Crippen molar-refractivity contribution in [3.63, 3.8) is 0 Å². The molecule has 22 heavy (non-hydrogen) atoms. The first-order chi connectivity index (χ1) is 10.8. The third-order valence-corrected chi connectivity index (χ3v) is 4.05. The molecule has 5 nitrogen and oxygen atoms in total. The highest BCUT2D eigenvalue weighted by atomic mass is 15.2. The zero-order valence-corrected chi connectivity index (χ0v) is 13.1. The zero-order chi connectivity index (χ0) is 15.2. The van der Waals surface area contributed by atoms with Crippen LogP contribution in [0.5, 0.6) is 0 Å². The molecule has 0 amide bonds. The fraction of sp³-hybridized carbons (Fsp3) is 0.412. The van der Waals surface area contributed by atoms with Crippen molar-refractivity contribution in [2.75, 3.05) is 38.5 Å². The predicted molar refractivity (Wildman–Crippen MR) is 88.6 cm³/mol. The van der Waals surface area contributed by atoms with Gasteiger partial charge in [0.25, 0.3) is 0 Å². The summed E-state index contributed by atoms with van der Waals surface area (Å²) >= 11 is 0. The highest BCUT2D eigenvalue weighted by molar-refractivity contribution is 5.44. The summed E-state index contributed by atoms with van der Waals surface area (Å²) in [7, 11) is 2.19. The second-order valence-corrected chi connectivity index (χ2v) is 5.83. The summed E-state index contributed by atoms with van der Waals surface area (Å²) in [6.45, 7) is 6.38. The van der Waals surface area contributed by atoms with E-state index in [1.54, 1.807) is 18.6 Å². The Kier molecular flexibility index (Phi) is 4.98. The molecule has 1 aliphatic heterocycles. The van der Waals surface area contributed by atoms with Gasteiger partial charge in [0.05, 0.1) is 18.4 Å². The molecule has 1 fully saturated rings. The van der Waals surface area contributed by atoms with Gasteiger partial charge < -0.3 is 10.2 Å². The molecule has 3 rings (SSSR count). The molecule has 116 valence electrons. The second kappa shape index (κ2) is 7.33. The van der Waals surface area contributed by atoms with E-state index in [4.69, 9.17) is 0 Å². The Hall–Kier alpha value is -1.98. The highest BCUT2D eigenvalue weighted by Crippen LogP contribution is 2.13. The number of likely N-dealkylation sites (N-methyl/N-ethyl adjacent to an activating group) is 1. The molecular weight excluding hydrogens is 274 g/mol. The van der Waals surface area contributed by atoms with E-state index >= 15 is 0 Å². The van der Waals surface area contributed by atoms with Gasteiger partial charge in [0.1, 0.15) is 0 Å². The van der Waals surface area contributed by atoms with Crippen molar-refractivity contribution < 1.29 is 0 Å². The lowest BCUT2D eigenvalue weighted by Gasteiger charge is -2.32. The molecule has 1 aromatic heterocycles. The lowest BCUT2D eigenvalue weighted by Crippen LogP contribution is -2.43. The maximum Gasteiger partial charge on any atom is 0.0777 e. The van der Waals surface area contributed by atoms with Gasteiger partial charge in [-0.1, -0.05) is 12.1 Å². The Labute approximate surface area is 132 Å². The normalized spacial score (nSPS) is 16.6. The van der Waals surface area contributed by atoms with Gasteiger partial charge in [0, 0.05) is 50.8 Å². The number of hydrogen-bond donors (Lipinski definition) is 1. The first-order valence-electron chi connectivity index (χ1n) is 7.78. The molecule has 0 atom stereocenters. The molecule has 1 aromatic carbocycles. The van der Waals surface area contributed by atoms with Gasteiger partial charge in [-0.3, -0.25) is 14.9 Å². The minimum Gasteiger partial charge on any atom is -0.379 e. The molecule has 0 unspecified atom stereocenters. The van der Waals surface area contributed by atoms with Crippen molar-refractivity contribution in [2.45, 2.75) is 13.1 Å². The van der Waals surface area contributed by atoms with Gasteiger partial charge >= 0.3 is 0 Å². The van der Waals surface area contributed by atoms with Crippen molar-refractivity contribution in [2.24, 2.45) is 0 Å². The topological polar surface area (TPSA) is 44.3 Å². The third kappa shape index (κ3) is 4.26. The van der Waals surface area contributed by atoms with Crippen LogP contribution in [0.3, 0.4) is 0 Å². The van der Waals surface area contributed by atoms with Crippen molar-refractivity contribution in [1.29, 1.82) is 0 Å². The molecule has 1 N–H and O–H groups in total. The molecule has 2 heterocycles. The van der Waals surface area contributed by atoms with Crippen LogP contribution in [0.4, 0.5) is 5.69 Å². The molecule has 1 aliphatic rings. The maximum absolute atomic E-state index is 4.26. The molecule has 1 saturated heterocycles. The summed E-state index contributed by atoms with van der Waals surface area (Å²) in [6.07, 6.45) is 5.20. The van der Waals surface area contributed by atoms with E-state index in [9.17, 15) is 0 Å². The first-order valence-corrected chi connectivity index (χ1v) is 7.78. The number of nitrogens with one attached hydrogen (secondary N) is 1. The average molecular weight is 297 g/mol. The Balaban J connectivity index is 1.50. The van der Waals surface area contributed by atoms with E-state index in [2.05, 4.69) is 56.4 Å². The standard InChI is InChI=1S/C17H23N5/c1-21-8-10-22(11-9-21)14-15-2-4-16(5-3-15)20-13-17-12-18-6-7-19-17/h2-7,12,20H,8-11,13-14H2,1H3. The Morgan fingerprint density at radius 1 is 1.05 bits per heavy atom. The van der Waals surface area contributed by atoms with Crippen LogP contribution in [-0.2, 0) is 13.1 Å². The van der Waals surface area contributed by atoms with E-state index in [0.717, 1.165) is 44.1 Å². The molecule has 0 spiro atoms. The number of anilines is 1. The van der Waals surface area contributed by atoms with Crippen LogP contribution in [0, 0.1) is 0 Å². The van der Waals surface area contributed by atoms with Crippen molar-refractivity contribution in [3.05, 3.63) is 54.1 Å². The van der Waals surface area contributed by atoms with Crippen LogP contribution in [0.25, 0.3) is 0 Å². The number of nitrogens with zero attached hydrogens (tertiary/aromatic N) is 4. The van der Waals surface area contributed by atoms with Gasteiger partial charge in [0.15, 0.2) is 0 Å². The maximum atomic E-state index is 4.26. The Bertz CT molecular complexity index is 561. The SMILES string of the molecule is CN1CCN(Cc2ccc(NCc3cnccn3)cc2)CC1. The van der Waals surface area contributed by atoms with Crippen LogP contribution >= 0.6 is 0 Å². The molecular formula is C17H23N5.